The van der Waals surface area contributed by atoms with Gasteiger partial charge in [-0.05, 0) is 39.0 Å². The highest BCUT2D eigenvalue weighted by atomic mass is 35.6. The van der Waals surface area contributed by atoms with Crippen LogP contribution in [0.2, 0.25) is 0 Å². The SMILES string of the molecule is CC(C)=CCC[C@H](C)CCOC(=O)OCC(Cl)(Cl)Cl. The van der Waals surface area contributed by atoms with E-state index in [-0.39, 0.29) is 6.61 Å². The average Bonchev–Trinajstić information content (AvgIpc) is 2.25. The zero-order chi connectivity index (χ0) is 14.9. The fourth-order valence-electron chi connectivity index (χ4n) is 1.33. The number of carbonyl (C=O) groups excluding carboxylic acids is 1. The predicted molar refractivity (Wildman–Crippen MR) is 80.0 cm³/mol. The molecule has 0 aliphatic heterocycles. The van der Waals surface area contributed by atoms with Gasteiger partial charge in [0.2, 0.25) is 3.79 Å². The van der Waals surface area contributed by atoms with Crippen LogP contribution in [0.15, 0.2) is 11.6 Å². The van der Waals surface area contributed by atoms with Crippen LogP contribution in [0.25, 0.3) is 0 Å². The van der Waals surface area contributed by atoms with Crippen LogP contribution >= 0.6 is 34.8 Å². The molecule has 1 atom stereocenters. The molecule has 0 saturated heterocycles. The molecule has 0 amide bonds. The molecule has 0 fully saturated rings. The van der Waals surface area contributed by atoms with Crippen molar-refractivity contribution in [3.8, 4) is 0 Å². The Morgan fingerprint density at radius 2 is 1.84 bits per heavy atom. The van der Waals surface area contributed by atoms with Crippen molar-refractivity contribution in [1.82, 2.24) is 0 Å². The molecule has 0 unspecified atom stereocenters. The topological polar surface area (TPSA) is 35.5 Å². The van der Waals surface area contributed by atoms with Crippen LogP contribution in [-0.4, -0.2) is 23.2 Å². The zero-order valence-corrected chi connectivity index (χ0v) is 13.8. The summed E-state index contributed by atoms with van der Waals surface area (Å²) in [6, 6.07) is 0. The Labute approximate surface area is 130 Å². The summed E-state index contributed by atoms with van der Waals surface area (Å²) >= 11 is 16.3. The third-order valence-electron chi connectivity index (χ3n) is 2.40. The standard InChI is InChI=1S/C13H21Cl3O3/c1-10(2)5-4-6-11(3)7-8-18-12(17)19-9-13(14,15)16/h5,11H,4,6-9H2,1-3H3/t11-/m0/s1. The van der Waals surface area contributed by atoms with E-state index in [2.05, 4.69) is 31.6 Å². The summed E-state index contributed by atoms with van der Waals surface area (Å²) in [5.74, 6) is 0.483. The van der Waals surface area contributed by atoms with Crippen molar-refractivity contribution in [2.24, 2.45) is 5.92 Å². The smallest absolute Gasteiger partial charge is 0.434 e. The van der Waals surface area contributed by atoms with Crippen molar-refractivity contribution in [2.75, 3.05) is 13.2 Å². The van der Waals surface area contributed by atoms with E-state index in [0.29, 0.717) is 12.5 Å². The first-order valence-electron chi connectivity index (χ1n) is 6.20. The lowest BCUT2D eigenvalue weighted by atomic mass is 10.0. The molecule has 19 heavy (non-hydrogen) atoms. The van der Waals surface area contributed by atoms with E-state index in [0.717, 1.165) is 19.3 Å². The second-order valence-electron chi connectivity index (χ2n) is 4.75. The Morgan fingerprint density at radius 1 is 1.21 bits per heavy atom. The molecule has 0 heterocycles. The van der Waals surface area contributed by atoms with Gasteiger partial charge >= 0.3 is 6.16 Å². The number of alkyl halides is 3. The monoisotopic (exact) mass is 330 g/mol. The third-order valence-corrected chi connectivity index (χ3v) is 2.72. The first kappa shape index (κ1) is 18.9. The number of halogens is 3. The van der Waals surface area contributed by atoms with Crippen LogP contribution in [0.4, 0.5) is 4.79 Å². The Hall–Kier alpha value is -0.120. The summed E-state index contributed by atoms with van der Waals surface area (Å²) in [6.07, 6.45) is 4.30. The van der Waals surface area contributed by atoms with Gasteiger partial charge in [-0.15, -0.1) is 0 Å². The fourth-order valence-corrected chi connectivity index (χ4v) is 1.49. The first-order chi connectivity index (χ1) is 8.70. The summed E-state index contributed by atoms with van der Waals surface area (Å²) < 4.78 is 7.92. The van der Waals surface area contributed by atoms with Crippen LogP contribution in [0.5, 0.6) is 0 Å². The molecule has 0 N–H and O–H groups in total. The molecule has 6 heteroatoms. The lowest BCUT2D eigenvalue weighted by Gasteiger charge is -2.13. The van der Waals surface area contributed by atoms with Crippen LogP contribution in [0.3, 0.4) is 0 Å². The van der Waals surface area contributed by atoms with E-state index in [1.165, 1.54) is 5.57 Å². The number of allylic oxidation sites excluding steroid dienone is 2. The van der Waals surface area contributed by atoms with E-state index in [1.807, 2.05) is 0 Å². The van der Waals surface area contributed by atoms with Crippen molar-refractivity contribution < 1.29 is 14.3 Å². The van der Waals surface area contributed by atoms with Gasteiger partial charge in [0.05, 0.1) is 6.61 Å². The Bertz CT molecular complexity index is 294. The largest absolute Gasteiger partial charge is 0.508 e. The van der Waals surface area contributed by atoms with Crippen LogP contribution in [0, 0.1) is 5.92 Å². The Balaban J connectivity index is 3.61. The van der Waals surface area contributed by atoms with Crippen LogP contribution in [0.1, 0.15) is 40.0 Å². The second kappa shape index (κ2) is 9.73. The summed E-state index contributed by atoms with van der Waals surface area (Å²) in [4.78, 5) is 11.1. The summed E-state index contributed by atoms with van der Waals surface area (Å²) in [5, 5.41) is 0. The minimum atomic E-state index is -1.60. The maximum Gasteiger partial charge on any atom is 0.508 e. The summed E-state index contributed by atoms with van der Waals surface area (Å²) in [6.45, 7) is 6.28. The van der Waals surface area contributed by atoms with Gasteiger partial charge in [-0.3, -0.25) is 0 Å². The highest BCUT2D eigenvalue weighted by Crippen LogP contribution is 2.26. The van der Waals surface area contributed by atoms with Gasteiger partial charge in [-0.2, -0.15) is 0 Å². The highest BCUT2D eigenvalue weighted by molar-refractivity contribution is 6.67. The van der Waals surface area contributed by atoms with E-state index in [4.69, 9.17) is 39.5 Å². The van der Waals surface area contributed by atoms with Crippen molar-refractivity contribution in [3.05, 3.63) is 11.6 Å². The van der Waals surface area contributed by atoms with E-state index in [1.54, 1.807) is 0 Å². The summed E-state index contributed by atoms with van der Waals surface area (Å²) in [7, 11) is 0. The highest BCUT2D eigenvalue weighted by Gasteiger charge is 2.22. The molecule has 3 nitrogen and oxygen atoms in total. The first-order valence-corrected chi connectivity index (χ1v) is 7.33. The Morgan fingerprint density at radius 3 is 2.37 bits per heavy atom. The number of carbonyl (C=O) groups is 1. The van der Waals surface area contributed by atoms with E-state index >= 15 is 0 Å². The van der Waals surface area contributed by atoms with Crippen LogP contribution in [-0.2, 0) is 9.47 Å². The molecule has 0 aliphatic carbocycles. The molecule has 0 aromatic rings. The maximum absolute atomic E-state index is 11.1. The lowest BCUT2D eigenvalue weighted by molar-refractivity contribution is 0.0530. The average molecular weight is 332 g/mol. The molecule has 0 rings (SSSR count). The molecule has 0 bridgehead atoms. The van der Waals surface area contributed by atoms with Crippen molar-refractivity contribution in [2.45, 2.75) is 43.8 Å². The second-order valence-corrected chi connectivity index (χ2v) is 7.27. The normalized spacial score (nSPS) is 12.7. The fraction of sp³-hybridized carbons (Fsp3) is 0.769. The molecular weight excluding hydrogens is 310 g/mol. The minimum Gasteiger partial charge on any atom is -0.434 e. The van der Waals surface area contributed by atoms with Gasteiger partial charge in [-0.25, -0.2) is 4.79 Å². The van der Waals surface area contributed by atoms with Crippen molar-refractivity contribution >= 4 is 41.0 Å². The molecule has 0 radical (unpaired) electrons. The number of hydrogen-bond acceptors (Lipinski definition) is 3. The molecular formula is C13H21Cl3O3. The number of rotatable bonds is 7. The van der Waals surface area contributed by atoms with Gasteiger partial charge in [0, 0.05) is 0 Å². The van der Waals surface area contributed by atoms with Gasteiger partial charge in [0.25, 0.3) is 0 Å². The molecule has 0 aromatic heterocycles. The number of ether oxygens (including phenoxy) is 2. The van der Waals surface area contributed by atoms with Crippen molar-refractivity contribution in [1.29, 1.82) is 0 Å². The zero-order valence-electron chi connectivity index (χ0n) is 11.5. The third kappa shape index (κ3) is 14.1. The maximum atomic E-state index is 11.1. The molecule has 0 spiro atoms. The molecule has 112 valence electrons. The quantitative estimate of drug-likeness (QED) is 0.361. The van der Waals surface area contributed by atoms with Crippen LogP contribution < -0.4 is 0 Å². The van der Waals surface area contributed by atoms with Crippen molar-refractivity contribution in [3.63, 3.8) is 0 Å². The summed E-state index contributed by atoms with van der Waals surface area (Å²) in [5.41, 5.74) is 1.32. The van der Waals surface area contributed by atoms with Gasteiger partial charge < -0.3 is 9.47 Å². The van der Waals surface area contributed by atoms with Gasteiger partial charge in [-0.1, -0.05) is 53.4 Å². The predicted octanol–water partition coefficient (Wildman–Crippen LogP) is 5.28. The lowest BCUT2D eigenvalue weighted by Crippen LogP contribution is -2.18. The molecule has 0 aliphatic rings. The van der Waals surface area contributed by atoms with Gasteiger partial charge in [0.15, 0.2) is 0 Å². The minimum absolute atomic E-state index is 0.313. The van der Waals surface area contributed by atoms with E-state index in [9.17, 15) is 4.79 Å². The van der Waals surface area contributed by atoms with Gasteiger partial charge in [0.1, 0.15) is 6.61 Å². The molecule has 0 saturated carbocycles. The molecule has 0 aromatic carbocycles. The Kier molecular flexibility index (Phi) is 9.67. The van der Waals surface area contributed by atoms with E-state index < -0.39 is 9.95 Å². The number of hydrogen-bond donors (Lipinski definition) is 0.